The highest BCUT2D eigenvalue weighted by atomic mass is 16.4. The van der Waals surface area contributed by atoms with Crippen molar-refractivity contribution in [2.24, 2.45) is 5.41 Å². The molecule has 1 atom stereocenters. The first-order valence-electron chi connectivity index (χ1n) is 3.15. The minimum absolute atomic E-state index is 0.246. The molecule has 1 saturated carbocycles. The Labute approximate surface area is 62.3 Å². The topological polar surface area (TPSA) is 94.8 Å². The van der Waals surface area contributed by atoms with E-state index in [2.05, 4.69) is 0 Å². The van der Waals surface area contributed by atoms with Crippen molar-refractivity contribution >= 4 is 11.9 Å². The summed E-state index contributed by atoms with van der Waals surface area (Å²) in [5, 5.41) is 25.7. The monoisotopic (exact) mass is 160 g/mol. The van der Waals surface area contributed by atoms with Crippen LogP contribution < -0.4 is 0 Å². The zero-order valence-electron chi connectivity index (χ0n) is 5.65. The normalized spacial score (nSPS) is 22.3. The van der Waals surface area contributed by atoms with Crippen LogP contribution in [-0.2, 0) is 9.59 Å². The van der Waals surface area contributed by atoms with E-state index in [1.54, 1.807) is 0 Å². The smallest absolute Gasteiger partial charge is 0.333 e. The number of carboxylic acid groups (broad SMARTS) is 2. The lowest BCUT2D eigenvalue weighted by molar-refractivity contribution is -0.161. The van der Waals surface area contributed by atoms with Crippen LogP contribution in [0, 0.1) is 5.41 Å². The van der Waals surface area contributed by atoms with E-state index in [0.29, 0.717) is 0 Å². The molecule has 1 aliphatic carbocycles. The maximum absolute atomic E-state index is 10.4. The van der Waals surface area contributed by atoms with E-state index in [0.717, 1.165) is 0 Å². The van der Waals surface area contributed by atoms with Gasteiger partial charge in [0, 0.05) is 0 Å². The molecule has 0 aromatic heterocycles. The van der Waals surface area contributed by atoms with E-state index in [-0.39, 0.29) is 12.8 Å². The second-order valence-electron chi connectivity index (χ2n) is 2.70. The second-order valence-corrected chi connectivity index (χ2v) is 2.70. The van der Waals surface area contributed by atoms with Crippen molar-refractivity contribution in [1.29, 1.82) is 0 Å². The number of hydrogen-bond donors (Lipinski definition) is 3. The van der Waals surface area contributed by atoms with E-state index in [4.69, 9.17) is 15.3 Å². The standard InChI is InChI=1S/C6H8O5/c7-3(4(8)9)6(1-2-6)5(10)11/h3,7H,1-2H2,(H,8,9)(H,10,11)/t3-/m0/s1. The van der Waals surface area contributed by atoms with Crippen molar-refractivity contribution in [2.75, 3.05) is 0 Å². The van der Waals surface area contributed by atoms with Gasteiger partial charge in [0.25, 0.3) is 0 Å². The lowest BCUT2D eigenvalue weighted by atomic mass is 10.00. The minimum atomic E-state index is -1.76. The van der Waals surface area contributed by atoms with Crippen molar-refractivity contribution in [3.8, 4) is 0 Å². The van der Waals surface area contributed by atoms with Gasteiger partial charge in [-0.15, -0.1) is 0 Å². The van der Waals surface area contributed by atoms with Gasteiger partial charge in [-0.3, -0.25) is 4.79 Å². The Balaban J connectivity index is 2.73. The summed E-state index contributed by atoms with van der Waals surface area (Å²) in [5.41, 5.74) is -1.40. The van der Waals surface area contributed by atoms with E-state index in [1.807, 2.05) is 0 Å². The van der Waals surface area contributed by atoms with Gasteiger partial charge < -0.3 is 15.3 Å². The molecule has 0 unspecified atom stereocenters. The van der Waals surface area contributed by atoms with Crippen molar-refractivity contribution in [1.82, 2.24) is 0 Å². The second kappa shape index (κ2) is 2.20. The van der Waals surface area contributed by atoms with Gasteiger partial charge in [-0.2, -0.15) is 0 Å². The van der Waals surface area contributed by atoms with Crippen molar-refractivity contribution in [3.05, 3.63) is 0 Å². The molecule has 0 radical (unpaired) electrons. The van der Waals surface area contributed by atoms with Crippen LogP contribution in [0.4, 0.5) is 0 Å². The lowest BCUT2D eigenvalue weighted by Crippen LogP contribution is -2.36. The molecular weight excluding hydrogens is 152 g/mol. The third-order valence-corrected chi connectivity index (χ3v) is 1.97. The average Bonchev–Trinajstić information content (AvgIpc) is 2.65. The highest BCUT2D eigenvalue weighted by Gasteiger charge is 2.58. The zero-order valence-corrected chi connectivity index (χ0v) is 5.65. The van der Waals surface area contributed by atoms with E-state index < -0.39 is 23.5 Å². The molecule has 0 spiro atoms. The van der Waals surface area contributed by atoms with Crippen molar-refractivity contribution in [3.63, 3.8) is 0 Å². The summed E-state index contributed by atoms with van der Waals surface area (Å²) in [6.45, 7) is 0. The zero-order chi connectivity index (χ0) is 8.65. The van der Waals surface area contributed by atoms with Crippen molar-refractivity contribution < 1.29 is 24.9 Å². The van der Waals surface area contributed by atoms with Crippen LogP contribution in [0.5, 0.6) is 0 Å². The number of rotatable bonds is 3. The van der Waals surface area contributed by atoms with Gasteiger partial charge in [-0.1, -0.05) is 0 Å². The molecule has 3 N–H and O–H groups in total. The Bertz CT molecular complexity index is 205. The molecule has 0 amide bonds. The van der Waals surface area contributed by atoms with Crippen LogP contribution in [0.25, 0.3) is 0 Å². The maximum atomic E-state index is 10.4. The molecule has 62 valence electrons. The average molecular weight is 160 g/mol. The third-order valence-electron chi connectivity index (χ3n) is 1.97. The van der Waals surface area contributed by atoms with Gasteiger partial charge in [-0.25, -0.2) is 4.79 Å². The van der Waals surface area contributed by atoms with Gasteiger partial charge in [-0.05, 0) is 12.8 Å². The lowest BCUT2D eigenvalue weighted by Gasteiger charge is -2.12. The molecule has 0 saturated heterocycles. The summed E-state index contributed by atoms with van der Waals surface area (Å²) in [7, 11) is 0. The highest BCUT2D eigenvalue weighted by Crippen LogP contribution is 2.49. The van der Waals surface area contributed by atoms with Crippen LogP contribution in [0.2, 0.25) is 0 Å². The summed E-state index contributed by atoms with van der Waals surface area (Å²) in [6.07, 6.45) is -1.27. The molecular formula is C6H8O5. The number of aliphatic carboxylic acids is 2. The van der Waals surface area contributed by atoms with Crippen LogP contribution in [0.1, 0.15) is 12.8 Å². The van der Waals surface area contributed by atoms with Gasteiger partial charge in [0.15, 0.2) is 6.10 Å². The minimum Gasteiger partial charge on any atom is -0.481 e. The fourth-order valence-electron chi connectivity index (χ4n) is 0.975. The molecule has 0 bridgehead atoms. The van der Waals surface area contributed by atoms with E-state index >= 15 is 0 Å². The highest BCUT2D eigenvalue weighted by molar-refractivity contribution is 5.87. The first-order chi connectivity index (χ1) is 5.00. The Morgan fingerprint density at radius 2 is 1.73 bits per heavy atom. The largest absolute Gasteiger partial charge is 0.481 e. The molecule has 5 heteroatoms. The van der Waals surface area contributed by atoms with Crippen LogP contribution in [0.3, 0.4) is 0 Å². The Morgan fingerprint density at radius 3 is 1.82 bits per heavy atom. The summed E-state index contributed by atoms with van der Waals surface area (Å²) >= 11 is 0. The Morgan fingerprint density at radius 1 is 1.27 bits per heavy atom. The fraction of sp³-hybridized carbons (Fsp3) is 0.667. The summed E-state index contributed by atoms with van der Waals surface area (Å²) in [5.74, 6) is -2.70. The molecule has 0 aromatic carbocycles. The van der Waals surface area contributed by atoms with E-state index in [1.165, 1.54) is 0 Å². The first kappa shape index (κ1) is 8.00. The maximum Gasteiger partial charge on any atom is 0.333 e. The van der Waals surface area contributed by atoms with Gasteiger partial charge in [0.1, 0.15) is 5.41 Å². The van der Waals surface area contributed by atoms with Gasteiger partial charge in [0.05, 0.1) is 0 Å². The van der Waals surface area contributed by atoms with Gasteiger partial charge >= 0.3 is 11.9 Å². The van der Waals surface area contributed by atoms with Crippen LogP contribution >= 0.6 is 0 Å². The van der Waals surface area contributed by atoms with E-state index in [9.17, 15) is 9.59 Å². The number of hydrogen-bond acceptors (Lipinski definition) is 3. The molecule has 0 heterocycles. The molecule has 0 aliphatic heterocycles. The molecule has 5 nitrogen and oxygen atoms in total. The van der Waals surface area contributed by atoms with Crippen LogP contribution in [0.15, 0.2) is 0 Å². The van der Waals surface area contributed by atoms with Crippen LogP contribution in [-0.4, -0.2) is 33.4 Å². The predicted octanol–water partition coefficient (Wildman–Crippen LogP) is -0.703. The van der Waals surface area contributed by atoms with Gasteiger partial charge in [0.2, 0.25) is 0 Å². The first-order valence-corrected chi connectivity index (χ1v) is 3.15. The summed E-state index contributed by atoms with van der Waals surface area (Å²) in [4.78, 5) is 20.6. The Kier molecular flexibility index (Phi) is 1.60. The number of aliphatic hydroxyl groups excluding tert-OH is 1. The number of aliphatic hydroxyl groups is 1. The third kappa shape index (κ3) is 1.07. The van der Waals surface area contributed by atoms with Crippen molar-refractivity contribution in [2.45, 2.75) is 18.9 Å². The molecule has 1 fully saturated rings. The molecule has 11 heavy (non-hydrogen) atoms. The molecule has 1 rings (SSSR count). The fourth-order valence-corrected chi connectivity index (χ4v) is 0.975. The number of carboxylic acids is 2. The summed E-state index contributed by atoms with van der Waals surface area (Å²) in [6, 6.07) is 0. The quantitative estimate of drug-likeness (QED) is 0.507. The summed E-state index contributed by atoms with van der Waals surface area (Å²) < 4.78 is 0. The SMILES string of the molecule is O=C(O)[C@H](O)C1(C(=O)O)CC1. The number of carbonyl (C=O) groups is 2. The Hall–Kier alpha value is -1.10. The molecule has 0 aromatic rings. The predicted molar refractivity (Wildman–Crippen MR) is 32.9 cm³/mol. The molecule has 1 aliphatic rings.